The van der Waals surface area contributed by atoms with E-state index in [1.54, 1.807) is 73.7 Å². The summed E-state index contributed by atoms with van der Waals surface area (Å²) in [5.41, 5.74) is 3.24. The van der Waals surface area contributed by atoms with E-state index in [1.165, 1.54) is 6.21 Å². The molecule has 1 N–H and O–H groups in total. The summed E-state index contributed by atoms with van der Waals surface area (Å²) >= 11 is 15.1. The van der Waals surface area contributed by atoms with E-state index in [9.17, 15) is 9.59 Å². The highest BCUT2D eigenvalue weighted by atomic mass is 79.9. The number of ether oxygens (including phenoxy) is 2. The zero-order valence-electron chi connectivity index (χ0n) is 16.7. The van der Waals surface area contributed by atoms with Crippen molar-refractivity contribution in [3.63, 3.8) is 0 Å². The number of benzene rings is 3. The number of carbonyl (C=O) groups excluding carboxylic acids is 2. The summed E-state index contributed by atoms with van der Waals surface area (Å²) in [6.07, 6.45) is 0.584. The molecule has 3 rings (SSSR count). The molecule has 0 spiro atoms. The van der Waals surface area contributed by atoms with Gasteiger partial charge in [-0.05, 0) is 73.7 Å². The van der Waals surface area contributed by atoms with Crippen molar-refractivity contribution in [2.45, 2.75) is 13.0 Å². The van der Waals surface area contributed by atoms with Crippen molar-refractivity contribution in [3.8, 4) is 11.5 Å². The van der Waals surface area contributed by atoms with E-state index < -0.39 is 18.0 Å². The van der Waals surface area contributed by atoms with Crippen LogP contribution in [0.25, 0.3) is 0 Å². The van der Waals surface area contributed by atoms with Crippen LogP contribution >= 0.6 is 39.1 Å². The van der Waals surface area contributed by atoms with Gasteiger partial charge in [0.15, 0.2) is 6.10 Å². The molecular weight excluding hydrogens is 519 g/mol. The third kappa shape index (κ3) is 6.82. The average Bonchev–Trinajstić information content (AvgIpc) is 2.77. The molecule has 0 bridgehead atoms. The summed E-state index contributed by atoms with van der Waals surface area (Å²) in [6.45, 7) is 1.60. The number of hydrogen-bond donors (Lipinski definition) is 1. The Morgan fingerprint density at radius 1 is 1.00 bits per heavy atom. The second kappa shape index (κ2) is 11.1. The standard InChI is InChI=1S/C23H17BrCl2N2O4/c1-14(31-20-9-7-19(26)8-10-20)22(29)28-27-13-16-12-17(24)4-11-21(16)32-23(30)15-2-5-18(25)6-3-15/h2-14H,1H3,(H,28,29)/b27-13+. The van der Waals surface area contributed by atoms with Crippen molar-refractivity contribution >= 4 is 57.2 Å². The first-order chi connectivity index (χ1) is 15.3. The summed E-state index contributed by atoms with van der Waals surface area (Å²) in [5, 5.41) is 5.04. The van der Waals surface area contributed by atoms with Crippen LogP contribution in [-0.4, -0.2) is 24.2 Å². The molecule has 1 amide bonds. The van der Waals surface area contributed by atoms with Gasteiger partial charge < -0.3 is 9.47 Å². The van der Waals surface area contributed by atoms with Crippen LogP contribution in [0.15, 0.2) is 76.3 Å². The minimum absolute atomic E-state index is 0.275. The molecule has 6 nitrogen and oxygen atoms in total. The van der Waals surface area contributed by atoms with Crippen LogP contribution in [0.5, 0.6) is 11.5 Å². The fraction of sp³-hybridized carbons (Fsp3) is 0.0870. The molecule has 0 aliphatic heterocycles. The van der Waals surface area contributed by atoms with Gasteiger partial charge in [-0.3, -0.25) is 4.79 Å². The minimum atomic E-state index is -0.793. The Morgan fingerprint density at radius 2 is 1.62 bits per heavy atom. The molecule has 3 aromatic rings. The fourth-order valence-corrected chi connectivity index (χ4v) is 3.12. The number of halogens is 3. The topological polar surface area (TPSA) is 77.0 Å². The Bertz CT molecular complexity index is 1140. The van der Waals surface area contributed by atoms with Crippen molar-refractivity contribution in [1.82, 2.24) is 5.43 Å². The maximum atomic E-state index is 12.4. The molecule has 0 fully saturated rings. The molecule has 0 saturated carbocycles. The van der Waals surface area contributed by atoms with E-state index in [-0.39, 0.29) is 5.75 Å². The number of nitrogens with zero attached hydrogens (tertiary/aromatic N) is 1. The lowest BCUT2D eigenvalue weighted by Gasteiger charge is -2.13. The molecular formula is C23H17BrCl2N2O4. The maximum Gasteiger partial charge on any atom is 0.343 e. The van der Waals surface area contributed by atoms with Gasteiger partial charge in [0.25, 0.3) is 5.91 Å². The van der Waals surface area contributed by atoms with E-state index in [2.05, 4.69) is 26.5 Å². The van der Waals surface area contributed by atoms with Gasteiger partial charge in [0.05, 0.1) is 11.8 Å². The van der Waals surface area contributed by atoms with Gasteiger partial charge in [-0.25, -0.2) is 10.2 Å². The number of amides is 1. The van der Waals surface area contributed by atoms with Gasteiger partial charge in [-0.15, -0.1) is 0 Å². The van der Waals surface area contributed by atoms with Gasteiger partial charge in [0.1, 0.15) is 11.5 Å². The van der Waals surface area contributed by atoms with Gasteiger partial charge in [-0.1, -0.05) is 39.1 Å². The fourth-order valence-electron chi connectivity index (χ4n) is 2.49. The minimum Gasteiger partial charge on any atom is -0.481 e. The maximum absolute atomic E-state index is 12.4. The van der Waals surface area contributed by atoms with Crippen LogP contribution in [0.3, 0.4) is 0 Å². The Balaban J connectivity index is 1.65. The van der Waals surface area contributed by atoms with Crippen molar-refractivity contribution in [3.05, 3.63) is 92.4 Å². The Labute approximate surface area is 203 Å². The molecule has 0 heterocycles. The van der Waals surface area contributed by atoms with Gasteiger partial charge in [0, 0.05) is 20.1 Å². The lowest BCUT2D eigenvalue weighted by molar-refractivity contribution is -0.127. The van der Waals surface area contributed by atoms with Crippen LogP contribution in [0.4, 0.5) is 0 Å². The molecule has 0 aliphatic rings. The predicted molar refractivity (Wildman–Crippen MR) is 128 cm³/mol. The number of esters is 1. The van der Waals surface area contributed by atoms with Crippen LogP contribution < -0.4 is 14.9 Å². The Hall–Kier alpha value is -2.87. The van der Waals surface area contributed by atoms with E-state index in [4.69, 9.17) is 32.7 Å². The highest BCUT2D eigenvalue weighted by Crippen LogP contribution is 2.23. The predicted octanol–water partition coefficient (Wildman–Crippen LogP) is 5.89. The van der Waals surface area contributed by atoms with Crippen molar-refractivity contribution in [1.29, 1.82) is 0 Å². The smallest absolute Gasteiger partial charge is 0.343 e. The van der Waals surface area contributed by atoms with Gasteiger partial charge >= 0.3 is 5.97 Å². The van der Waals surface area contributed by atoms with Gasteiger partial charge in [0.2, 0.25) is 0 Å². The summed E-state index contributed by atoms with van der Waals surface area (Å²) in [6, 6.07) is 18.1. The monoisotopic (exact) mass is 534 g/mol. The van der Waals surface area contributed by atoms with Crippen molar-refractivity contribution in [2.24, 2.45) is 5.10 Å². The number of carbonyl (C=O) groups is 2. The second-order valence-electron chi connectivity index (χ2n) is 6.53. The highest BCUT2D eigenvalue weighted by molar-refractivity contribution is 9.10. The third-order valence-corrected chi connectivity index (χ3v) is 5.13. The molecule has 164 valence electrons. The first-order valence-corrected chi connectivity index (χ1v) is 10.9. The zero-order chi connectivity index (χ0) is 23.1. The van der Waals surface area contributed by atoms with Crippen LogP contribution in [0, 0.1) is 0 Å². The van der Waals surface area contributed by atoms with Crippen LogP contribution in [0.2, 0.25) is 10.0 Å². The Morgan fingerprint density at radius 3 is 2.28 bits per heavy atom. The third-order valence-electron chi connectivity index (χ3n) is 4.13. The largest absolute Gasteiger partial charge is 0.481 e. The van der Waals surface area contributed by atoms with Gasteiger partial charge in [-0.2, -0.15) is 5.10 Å². The van der Waals surface area contributed by atoms with E-state index in [0.29, 0.717) is 26.9 Å². The molecule has 9 heteroatoms. The first kappa shape index (κ1) is 23.8. The molecule has 1 unspecified atom stereocenters. The number of nitrogens with one attached hydrogen (secondary N) is 1. The summed E-state index contributed by atoms with van der Waals surface area (Å²) < 4.78 is 11.8. The number of hydrogen-bond acceptors (Lipinski definition) is 5. The van der Waals surface area contributed by atoms with E-state index >= 15 is 0 Å². The van der Waals surface area contributed by atoms with Crippen LogP contribution in [0.1, 0.15) is 22.8 Å². The molecule has 32 heavy (non-hydrogen) atoms. The SMILES string of the molecule is CC(Oc1ccc(Cl)cc1)C(=O)N/N=C/c1cc(Br)ccc1OC(=O)c1ccc(Cl)cc1. The molecule has 3 aromatic carbocycles. The summed E-state index contributed by atoms with van der Waals surface area (Å²) in [5.74, 6) is -0.223. The number of hydrazone groups is 1. The normalized spacial score (nSPS) is 11.8. The van der Waals surface area contributed by atoms with Crippen LogP contribution in [-0.2, 0) is 4.79 Å². The molecule has 0 aliphatic carbocycles. The number of rotatable bonds is 7. The lowest BCUT2D eigenvalue weighted by atomic mass is 10.2. The van der Waals surface area contributed by atoms with E-state index in [1.807, 2.05) is 0 Å². The highest BCUT2D eigenvalue weighted by Gasteiger charge is 2.15. The zero-order valence-corrected chi connectivity index (χ0v) is 19.8. The van der Waals surface area contributed by atoms with Crippen molar-refractivity contribution < 1.29 is 19.1 Å². The first-order valence-electron chi connectivity index (χ1n) is 9.34. The molecule has 0 aromatic heterocycles. The molecule has 0 radical (unpaired) electrons. The molecule has 1 atom stereocenters. The second-order valence-corrected chi connectivity index (χ2v) is 8.32. The Kier molecular flexibility index (Phi) is 8.27. The summed E-state index contributed by atoms with van der Waals surface area (Å²) in [7, 11) is 0. The summed E-state index contributed by atoms with van der Waals surface area (Å²) in [4.78, 5) is 24.7. The van der Waals surface area contributed by atoms with E-state index in [0.717, 1.165) is 4.47 Å². The average molecular weight is 536 g/mol. The lowest BCUT2D eigenvalue weighted by Crippen LogP contribution is -2.33. The van der Waals surface area contributed by atoms with Crippen molar-refractivity contribution in [2.75, 3.05) is 0 Å². The quantitative estimate of drug-likeness (QED) is 0.177. The molecule has 0 saturated heterocycles.